The maximum atomic E-state index is 13.2. The average Bonchev–Trinajstić information content (AvgIpc) is 2.79. The Balaban J connectivity index is 2.10. The van der Waals surface area contributed by atoms with Crippen LogP contribution in [0.1, 0.15) is 6.42 Å². The smallest absolute Gasteiger partial charge is 0.315 e. The van der Waals surface area contributed by atoms with Crippen molar-refractivity contribution in [1.82, 2.24) is 5.32 Å². The Bertz CT molecular complexity index is 424. The van der Waals surface area contributed by atoms with Crippen molar-refractivity contribution in [2.75, 3.05) is 13.1 Å². The van der Waals surface area contributed by atoms with Crippen LogP contribution in [0, 0.1) is 17.6 Å². The molecule has 17 heavy (non-hydrogen) atoms. The van der Waals surface area contributed by atoms with Crippen LogP contribution in [0.5, 0.6) is 5.75 Å². The maximum Gasteiger partial charge on any atom is 0.315 e. The number of rotatable bonds is 2. The summed E-state index contributed by atoms with van der Waals surface area (Å²) in [6.07, 6.45) is 0.681. The molecule has 1 atom stereocenters. The van der Waals surface area contributed by atoms with Crippen molar-refractivity contribution in [2.24, 2.45) is 5.92 Å². The van der Waals surface area contributed by atoms with Crippen LogP contribution in [0.15, 0.2) is 16.6 Å². The second-order valence-electron chi connectivity index (χ2n) is 3.81. The molecule has 92 valence electrons. The zero-order valence-corrected chi connectivity index (χ0v) is 10.4. The van der Waals surface area contributed by atoms with Crippen molar-refractivity contribution in [3.8, 4) is 5.75 Å². The minimum absolute atomic E-state index is 0.111. The van der Waals surface area contributed by atoms with E-state index in [-0.39, 0.29) is 16.1 Å². The van der Waals surface area contributed by atoms with Gasteiger partial charge in [-0.15, -0.1) is 0 Å². The van der Waals surface area contributed by atoms with Crippen LogP contribution < -0.4 is 10.1 Å². The fourth-order valence-electron chi connectivity index (χ4n) is 1.65. The van der Waals surface area contributed by atoms with E-state index >= 15 is 0 Å². The van der Waals surface area contributed by atoms with Crippen molar-refractivity contribution in [2.45, 2.75) is 6.42 Å². The fourth-order valence-corrected chi connectivity index (χ4v) is 1.88. The number of hydrogen-bond donors (Lipinski definition) is 1. The quantitative estimate of drug-likeness (QED) is 0.517. The topological polar surface area (TPSA) is 38.3 Å². The van der Waals surface area contributed by atoms with Crippen molar-refractivity contribution in [3.63, 3.8) is 0 Å². The first kappa shape index (κ1) is 12.4. The Morgan fingerprint density at radius 2 is 2.06 bits per heavy atom. The van der Waals surface area contributed by atoms with Crippen molar-refractivity contribution < 1.29 is 18.3 Å². The van der Waals surface area contributed by atoms with Crippen molar-refractivity contribution >= 4 is 21.9 Å². The van der Waals surface area contributed by atoms with Gasteiger partial charge in [0.1, 0.15) is 17.4 Å². The predicted molar refractivity (Wildman–Crippen MR) is 60.7 cm³/mol. The monoisotopic (exact) mass is 305 g/mol. The Hall–Kier alpha value is -1.01. The third-order valence-corrected chi connectivity index (χ3v) is 3.33. The normalized spacial score (nSPS) is 19.4. The molecular formula is C11H10BrF2NO2. The Morgan fingerprint density at radius 3 is 2.59 bits per heavy atom. The molecule has 0 aromatic heterocycles. The number of hydrogen-bond acceptors (Lipinski definition) is 3. The number of ether oxygens (including phenoxy) is 1. The van der Waals surface area contributed by atoms with E-state index in [0.717, 1.165) is 18.7 Å². The molecule has 3 nitrogen and oxygen atoms in total. The van der Waals surface area contributed by atoms with Gasteiger partial charge in [-0.25, -0.2) is 8.78 Å². The molecule has 1 N–H and O–H groups in total. The summed E-state index contributed by atoms with van der Waals surface area (Å²) < 4.78 is 31.0. The number of carbonyl (C=O) groups is 1. The molecule has 0 aliphatic carbocycles. The molecule has 1 aliphatic rings. The van der Waals surface area contributed by atoms with Crippen LogP contribution in [-0.4, -0.2) is 19.1 Å². The summed E-state index contributed by atoms with van der Waals surface area (Å²) >= 11 is 2.75. The predicted octanol–water partition coefficient (Wildman–Crippen LogP) is 2.24. The van der Waals surface area contributed by atoms with Crippen LogP contribution in [-0.2, 0) is 4.79 Å². The second-order valence-corrected chi connectivity index (χ2v) is 4.60. The van der Waals surface area contributed by atoms with Crippen LogP contribution in [0.4, 0.5) is 8.78 Å². The largest absolute Gasteiger partial charge is 0.426 e. The first-order chi connectivity index (χ1) is 8.08. The van der Waals surface area contributed by atoms with E-state index in [9.17, 15) is 13.6 Å². The summed E-state index contributed by atoms with van der Waals surface area (Å²) in [5, 5.41) is 3.01. The summed E-state index contributed by atoms with van der Waals surface area (Å²) in [4.78, 5) is 11.6. The van der Waals surface area contributed by atoms with Gasteiger partial charge >= 0.3 is 5.97 Å². The Morgan fingerprint density at radius 1 is 1.41 bits per heavy atom. The van der Waals surface area contributed by atoms with E-state index in [4.69, 9.17) is 4.74 Å². The molecule has 1 saturated heterocycles. The highest BCUT2D eigenvalue weighted by Crippen LogP contribution is 2.25. The third-order valence-electron chi connectivity index (χ3n) is 2.57. The molecule has 1 aliphatic heterocycles. The van der Waals surface area contributed by atoms with Gasteiger partial charge in [0.05, 0.1) is 10.4 Å². The van der Waals surface area contributed by atoms with Gasteiger partial charge in [0.2, 0.25) is 0 Å². The molecule has 0 bridgehead atoms. The first-order valence-corrected chi connectivity index (χ1v) is 5.94. The molecule has 0 radical (unpaired) electrons. The summed E-state index contributed by atoms with van der Waals surface area (Å²) in [6, 6.07) is 1.96. The van der Waals surface area contributed by atoms with Gasteiger partial charge in [-0.1, -0.05) is 0 Å². The molecule has 1 heterocycles. The number of esters is 1. The van der Waals surface area contributed by atoms with E-state index < -0.39 is 17.6 Å². The second kappa shape index (κ2) is 5.10. The zero-order valence-electron chi connectivity index (χ0n) is 8.80. The Kier molecular flexibility index (Phi) is 3.73. The van der Waals surface area contributed by atoms with Gasteiger partial charge in [-0.05, 0) is 28.9 Å². The molecule has 0 unspecified atom stereocenters. The SMILES string of the molecule is O=C(Oc1cc(F)c(Br)c(F)c1)[C@@H]1CCNC1. The van der Waals surface area contributed by atoms with Gasteiger partial charge in [0.25, 0.3) is 0 Å². The summed E-state index contributed by atoms with van der Waals surface area (Å²) in [5.74, 6) is -2.41. The lowest BCUT2D eigenvalue weighted by atomic mass is 10.1. The van der Waals surface area contributed by atoms with Gasteiger partial charge in [-0.3, -0.25) is 4.79 Å². The average molecular weight is 306 g/mol. The van der Waals surface area contributed by atoms with Gasteiger partial charge in [0, 0.05) is 18.7 Å². The Labute approximate surface area is 105 Å². The minimum Gasteiger partial charge on any atom is -0.426 e. The molecule has 0 amide bonds. The lowest BCUT2D eigenvalue weighted by Crippen LogP contribution is -2.22. The molecule has 1 fully saturated rings. The zero-order chi connectivity index (χ0) is 12.4. The van der Waals surface area contributed by atoms with Gasteiger partial charge in [-0.2, -0.15) is 0 Å². The van der Waals surface area contributed by atoms with Crippen LogP contribution in [0.3, 0.4) is 0 Å². The first-order valence-electron chi connectivity index (χ1n) is 5.15. The maximum absolute atomic E-state index is 13.2. The molecule has 1 aromatic rings. The lowest BCUT2D eigenvalue weighted by Gasteiger charge is -2.09. The summed E-state index contributed by atoms with van der Waals surface area (Å²) in [6.45, 7) is 1.29. The lowest BCUT2D eigenvalue weighted by molar-refractivity contribution is -0.138. The van der Waals surface area contributed by atoms with E-state index in [1.807, 2.05) is 0 Å². The molecule has 0 saturated carbocycles. The molecule has 2 rings (SSSR count). The molecule has 0 spiro atoms. The van der Waals surface area contributed by atoms with Crippen LogP contribution in [0.2, 0.25) is 0 Å². The minimum atomic E-state index is -0.794. The number of carbonyl (C=O) groups excluding carboxylic acids is 1. The standard InChI is InChI=1S/C11H10BrF2NO2/c12-10-8(13)3-7(4-9(10)14)17-11(16)6-1-2-15-5-6/h3-4,6,15H,1-2,5H2/t6-/m1/s1. The van der Waals surface area contributed by atoms with Crippen molar-refractivity contribution in [1.29, 1.82) is 0 Å². The highest BCUT2D eigenvalue weighted by atomic mass is 79.9. The number of benzene rings is 1. The van der Waals surface area contributed by atoms with E-state index in [0.29, 0.717) is 13.0 Å². The summed E-state index contributed by atoms with van der Waals surface area (Å²) in [7, 11) is 0. The van der Waals surface area contributed by atoms with E-state index in [2.05, 4.69) is 21.2 Å². The molecule has 1 aromatic carbocycles. The van der Waals surface area contributed by atoms with Crippen LogP contribution in [0.25, 0.3) is 0 Å². The summed E-state index contributed by atoms with van der Waals surface area (Å²) in [5.41, 5.74) is 0. The molecule has 6 heteroatoms. The van der Waals surface area contributed by atoms with E-state index in [1.165, 1.54) is 0 Å². The third kappa shape index (κ3) is 2.81. The number of nitrogens with one attached hydrogen (secondary N) is 1. The van der Waals surface area contributed by atoms with E-state index in [1.54, 1.807) is 0 Å². The molecular weight excluding hydrogens is 296 g/mol. The fraction of sp³-hybridized carbons (Fsp3) is 0.364. The van der Waals surface area contributed by atoms with Gasteiger partial charge < -0.3 is 10.1 Å². The highest BCUT2D eigenvalue weighted by molar-refractivity contribution is 9.10. The van der Waals surface area contributed by atoms with Gasteiger partial charge in [0.15, 0.2) is 0 Å². The number of halogens is 3. The van der Waals surface area contributed by atoms with Crippen LogP contribution >= 0.6 is 15.9 Å². The highest BCUT2D eigenvalue weighted by Gasteiger charge is 2.24. The van der Waals surface area contributed by atoms with Crippen molar-refractivity contribution in [3.05, 3.63) is 28.2 Å².